The highest BCUT2D eigenvalue weighted by Crippen LogP contribution is 2.31. The van der Waals surface area contributed by atoms with E-state index in [0.717, 1.165) is 12.1 Å². The number of benzene rings is 2. The lowest BCUT2D eigenvalue weighted by Gasteiger charge is -2.10. The zero-order valence-corrected chi connectivity index (χ0v) is 15.5. The van der Waals surface area contributed by atoms with Crippen LogP contribution in [0.15, 0.2) is 66.0 Å². The standard InChI is InChI=1S/C20H14F3NO4S/c21-20(22,23)13-3-1-4-16(11-13)27-12-18(25)28-15-8-6-14(7-9-15)24-19(26)17-5-2-10-29-17/h1-11H,12H2,(H,24,26). The normalized spacial score (nSPS) is 11.0. The Morgan fingerprint density at radius 2 is 1.72 bits per heavy atom. The van der Waals surface area contributed by atoms with E-state index in [1.807, 2.05) is 0 Å². The molecule has 0 saturated carbocycles. The number of carbonyl (C=O) groups is 2. The van der Waals surface area contributed by atoms with E-state index >= 15 is 0 Å². The number of nitrogens with one attached hydrogen (secondary N) is 1. The minimum Gasteiger partial charge on any atom is -0.482 e. The summed E-state index contributed by atoms with van der Waals surface area (Å²) in [5.74, 6) is -0.919. The first kappa shape index (κ1) is 20.4. The summed E-state index contributed by atoms with van der Waals surface area (Å²) in [6.07, 6.45) is -4.50. The molecule has 150 valence electrons. The van der Waals surface area contributed by atoms with Gasteiger partial charge in [0.1, 0.15) is 11.5 Å². The third-order valence-corrected chi connectivity index (χ3v) is 4.48. The van der Waals surface area contributed by atoms with Gasteiger partial charge in [-0.3, -0.25) is 4.79 Å². The predicted molar refractivity (Wildman–Crippen MR) is 101 cm³/mol. The summed E-state index contributed by atoms with van der Waals surface area (Å²) in [6, 6.07) is 13.7. The van der Waals surface area contributed by atoms with Crippen LogP contribution in [0.25, 0.3) is 0 Å². The topological polar surface area (TPSA) is 64.6 Å². The second-order valence-electron chi connectivity index (χ2n) is 5.74. The number of amides is 1. The molecule has 0 aliphatic carbocycles. The maximum Gasteiger partial charge on any atom is 0.416 e. The summed E-state index contributed by atoms with van der Waals surface area (Å²) < 4.78 is 48.2. The Kier molecular flexibility index (Phi) is 6.18. The van der Waals surface area contributed by atoms with E-state index in [2.05, 4.69) is 5.32 Å². The molecule has 0 bridgehead atoms. The number of alkyl halides is 3. The van der Waals surface area contributed by atoms with Gasteiger partial charge in [-0.15, -0.1) is 11.3 Å². The highest BCUT2D eigenvalue weighted by atomic mass is 32.1. The van der Waals surface area contributed by atoms with Crippen molar-refractivity contribution < 1.29 is 32.2 Å². The van der Waals surface area contributed by atoms with Crippen molar-refractivity contribution in [2.75, 3.05) is 11.9 Å². The summed E-state index contributed by atoms with van der Waals surface area (Å²) in [7, 11) is 0. The third kappa shape index (κ3) is 5.82. The Morgan fingerprint density at radius 3 is 2.38 bits per heavy atom. The first-order chi connectivity index (χ1) is 13.8. The van der Waals surface area contributed by atoms with Crippen molar-refractivity contribution >= 4 is 28.9 Å². The highest BCUT2D eigenvalue weighted by molar-refractivity contribution is 7.12. The van der Waals surface area contributed by atoms with Gasteiger partial charge in [0.05, 0.1) is 10.4 Å². The van der Waals surface area contributed by atoms with Gasteiger partial charge in [0, 0.05) is 5.69 Å². The SMILES string of the molecule is O=C(COc1cccc(C(F)(F)F)c1)Oc1ccc(NC(=O)c2cccs2)cc1. The average Bonchev–Trinajstić information content (AvgIpc) is 3.22. The van der Waals surface area contributed by atoms with Crippen molar-refractivity contribution in [2.24, 2.45) is 0 Å². The molecule has 0 aliphatic heterocycles. The molecule has 0 spiro atoms. The minimum atomic E-state index is -4.50. The van der Waals surface area contributed by atoms with Gasteiger partial charge in [0.25, 0.3) is 5.91 Å². The van der Waals surface area contributed by atoms with E-state index in [9.17, 15) is 22.8 Å². The van der Waals surface area contributed by atoms with E-state index in [1.165, 1.54) is 35.6 Å². The van der Waals surface area contributed by atoms with Gasteiger partial charge >= 0.3 is 12.1 Å². The number of carbonyl (C=O) groups excluding carboxylic acids is 2. The Morgan fingerprint density at radius 1 is 0.966 bits per heavy atom. The van der Waals surface area contributed by atoms with Gasteiger partial charge < -0.3 is 14.8 Å². The first-order valence-corrected chi connectivity index (χ1v) is 9.15. The van der Waals surface area contributed by atoms with Crippen LogP contribution in [0.2, 0.25) is 0 Å². The Hall–Kier alpha value is -3.33. The fourth-order valence-electron chi connectivity index (χ4n) is 2.27. The lowest BCUT2D eigenvalue weighted by molar-refractivity contribution is -0.137. The van der Waals surface area contributed by atoms with Gasteiger partial charge in [-0.05, 0) is 53.9 Å². The van der Waals surface area contributed by atoms with Crippen LogP contribution in [0.4, 0.5) is 18.9 Å². The van der Waals surface area contributed by atoms with Gasteiger partial charge in [-0.1, -0.05) is 12.1 Å². The fraction of sp³-hybridized carbons (Fsp3) is 0.100. The maximum atomic E-state index is 12.7. The Balaban J connectivity index is 1.51. The largest absolute Gasteiger partial charge is 0.482 e. The van der Waals surface area contributed by atoms with Crippen molar-refractivity contribution in [1.29, 1.82) is 0 Å². The lowest BCUT2D eigenvalue weighted by Crippen LogP contribution is -2.18. The summed E-state index contributed by atoms with van der Waals surface area (Å²) in [5.41, 5.74) is -0.355. The smallest absolute Gasteiger partial charge is 0.416 e. The predicted octanol–water partition coefficient (Wildman–Crippen LogP) is 5.00. The fourth-order valence-corrected chi connectivity index (χ4v) is 2.89. The molecule has 2 aromatic carbocycles. The number of hydrogen-bond acceptors (Lipinski definition) is 5. The molecule has 29 heavy (non-hydrogen) atoms. The van der Waals surface area contributed by atoms with Crippen molar-refractivity contribution in [1.82, 2.24) is 0 Å². The third-order valence-electron chi connectivity index (χ3n) is 3.61. The van der Waals surface area contributed by atoms with Crippen molar-refractivity contribution in [3.8, 4) is 11.5 Å². The quantitative estimate of drug-likeness (QED) is 0.449. The van der Waals surface area contributed by atoms with Gasteiger partial charge in [0.2, 0.25) is 0 Å². The molecule has 0 aliphatic rings. The van der Waals surface area contributed by atoms with E-state index in [1.54, 1.807) is 29.6 Å². The zero-order valence-electron chi connectivity index (χ0n) is 14.7. The van der Waals surface area contributed by atoms with Crippen LogP contribution in [0.5, 0.6) is 11.5 Å². The van der Waals surface area contributed by atoms with Crippen LogP contribution in [-0.2, 0) is 11.0 Å². The molecular weight excluding hydrogens is 407 g/mol. The molecule has 1 N–H and O–H groups in total. The van der Waals surface area contributed by atoms with Crippen molar-refractivity contribution in [2.45, 2.75) is 6.18 Å². The minimum absolute atomic E-state index is 0.0941. The van der Waals surface area contributed by atoms with Gasteiger partial charge in [-0.25, -0.2) is 4.79 Å². The molecule has 1 aromatic heterocycles. The van der Waals surface area contributed by atoms with E-state index in [-0.39, 0.29) is 17.4 Å². The molecule has 1 amide bonds. The van der Waals surface area contributed by atoms with E-state index in [0.29, 0.717) is 10.6 Å². The second kappa shape index (κ2) is 8.78. The van der Waals surface area contributed by atoms with Crippen LogP contribution < -0.4 is 14.8 Å². The molecule has 0 saturated heterocycles. The van der Waals surface area contributed by atoms with Crippen LogP contribution in [0.3, 0.4) is 0 Å². The van der Waals surface area contributed by atoms with Crippen LogP contribution >= 0.6 is 11.3 Å². The summed E-state index contributed by atoms with van der Waals surface area (Å²) in [5, 5.41) is 4.49. The monoisotopic (exact) mass is 421 g/mol. The number of ether oxygens (including phenoxy) is 2. The van der Waals surface area contributed by atoms with Crippen molar-refractivity contribution in [3.05, 3.63) is 76.5 Å². The zero-order chi connectivity index (χ0) is 20.9. The van der Waals surface area contributed by atoms with Crippen molar-refractivity contribution in [3.63, 3.8) is 0 Å². The second-order valence-corrected chi connectivity index (χ2v) is 6.69. The number of anilines is 1. The number of hydrogen-bond donors (Lipinski definition) is 1. The summed E-state index contributed by atoms with van der Waals surface area (Å²) in [4.78, 5) is 24.4. The summed E-state index contributed by atoms with van der Waals surface area (Å²) in [6.45, 7) is -0.557. The number of rotatable bonds is 6. The average molecular weight is 421 g/mol. The van der Waals surface area contributed by atoms with E-state index < -0.39 is 24.3 Å². The number of esters is 1. The molecule has 0 radical (unpaired) electrons. The van der Waals surface area contributed by atoms with Crippen LogP contribution in [-0.4, -0.2) is 18.5 Å². The molecular formula is C20H14F3NO4S. The summed E-state index contributed by atoms with van der Waals surface area (Å²) >= 11 is 1.31. The molecule has 0 unspecified atom stereocenters. The number of halogens is 3. The van der Waals surface area contributed by atoms with Crippen LogP contribution in [0.1, 0.15) is 15.2 Å². The molecule has 5 nitrogen and oxygen atoms in total. The molecule has 1 heterocycles. The molecule has 0 atom stereocenters. The number of thiophene rings is 1. The van der Waals surface area contributed by atoms with E-state index in [4.69, 9.17) is 9.47 Å². The molecule has 3 aromatic rings. The molecule has 3 rings (SSSR count). The van der Waals surface area contributed by atoms with Gasteiger partial charge in [0.15, 0.2) is 6.61 Å². The first-order valence-electron chi connectivity index (χ1n) is 8.27. The van der Waals surface area contributed by atoms with Crippen LogP contribution in [0, 0.1) is 0 Å². The maximum absolute atomic E-state index is 12.7. The van der Waals surface area contributed by atoms with Gasteiger partial charge in [-0.2, -0.15) is 13.2 Å². The molecule has 0 fully saturated rings. The lowest BCUT2D eigenvalue weighted by atomic mass is 10.2. The Labute approximate surface area is 167 Å². The molecule has 9 heteroatoms. The Bertz CT molecular complexity index is 986. The highest BCUT2D eigenvalue weighted by Gasteiger charge is 2.30.